The van der Waals surface area contributed by atoms with E-state index in [-0.39, 0.29) is 23.6 Å². The first-order valence-electron chi connectivity index (χ1n) is 8.66. The maximum Gasteiger partial charge on any atom is 0.274 e. The molecular formula is C19H19N5O2S. The molecule has 27 heavy (non-hydrogen) atoms. The number of aromatic nitrogens is 4. The van der Waals surface area contributed by atoms with Crippen molar-refractivity contribution >= 4 is 22.9 Å². The van der Waals surface area contributed by atoms with Crippen LogP contribution < -0.4 is 5.32 Å². The Labute approximate surface area is 160 Å². The summed E-state index contributed by atoms with van der Waals surface area (Å²) in [5.74, 6) is 1.47. The molecule has 4 aromatic heterocycles. The van der Waals surface area contributed by atoms with Gasteiger partial charge in [-0.05, 0) is 36.4 Å². The molecule has 0 fully saturated rings. The first kappa shape index (κ1) is 17.4. The Bertz CT molecular complexity index is 1080. The van der Waals surface area contributed by atoms with Gasteiger partial charge in [-0.1, -0.05) is 26.0 Å². The minimum Gasteiger partial charge on any atom is -0.440 e. The molecule has 0 bridgehead atoms. The third-order valence-corrected chi connectivity index (χ3v) is 5.17. The van der Waals surface area contributed by atoms with Gasteiger partial charge in [0.25, 0.3) is 5.91 Å². The molecule has 0 aromatic carbocycles. The molecule has 4 heterocycles. The van der Waals surface area contributed by atoms with E-state index < -0.39 is 0 Å². The Balaban J connectivity index is 1.64. The van der Waals surface area contributed by atoms with Crippen LogP contribution in [0, 0.1) is 12.8 Å². The second-order valence-corrected chi connectivity index (χ2v) is 7.53. The summed E-state index contributed by atoms with van der Waals surface area (Å²) in [7, 11) is 0. The number of fused-ring (bicyclic) bond motifs is 1. The standard InChI is InChI=1S/C19H19N5O2S/c1-11(2)15(17-23-22-14-8-4-5-9-24(14)17)20-18(25)16-12(3)26-19(21-16)13-7-6-10-27-13/h4-11,15H,1-3H3,(H,20,25). The first-order valence-corrected chi connectivity index (χ1v) is 9.54. The number of hydrogen-bond donors (Lipinski definition) is 1. The predicted octanol–water partition coefficient (Wildman–Crippen LogP) is 3.88. The van der Waals surface area contributed by atoms with Crippen molar-refractivity contribution in [3.05, 3.63) is 59.2 Å². The van der Waals surface area contributed by atoms with Crippen LogP contribution in [0.4, 0.5) is 0 Å². The molecule has 0 saturated heterocycles. The molecular weight excluding hydrogens is 362 g/mol. The Morgan fingerprint density at radius 3 is 2.81 bits per heavy atom. The Hall–Kier alpha value is -3.00. The summed E-state index contributed by atoms with van der Waals surface area (Å²) in [5, 5.41) is 13.5. The third kappa shape index (κ3) is 3.23. The van der Waals surface area contributed by atoms with Crippen molar-refractivity contribution in [2.24, 2.45) is 5.92 Å². The number of oxazole rings is 1. The lowest BCUT2D eigenvalue weighted by molar-refractivity contribution is 0.0917. The zero-order valence-electron chi connectivity index (χ0n) is 15.2. The summed E-state index contributed by atoms with van der Waals surface area (Å²) >= 11 is 1.52. The van der Waals surface area contributed by atoms with E-state index in [2.05, 4.69) is 20.5 Å². The number of nitrogens with zero attached hydrogens (tertiary/aromatic N) is 4. The lowest BCUT2D eigenvalue weighted by Crippen LogP contribution is -2.33. The van der Waals surface area contributed by atoms with Gasteiger partial charge < -0.3 is 9.73 Å². The molecule has 1 N–H and O–H groups in total. The van der Waals surface area contributed by atoms with Crippen molar-refractivity contribution in [1.29, 1.82) is 0 Å². The second-order valence-electron chi connectivity index (χ2n) is 6.58. The molecule has 7 nitrogen and oxygen atoms in total. The Morgan fingerprint density at radius 2 is 2.07 bits per heavy atom. The highest BCUT2D eigenvalue weighted by Crippen LogP contribution is 2.27. The summed E-state index contributed by atoms with van der Waals surface area (Å²) < 4.78 is 7.58. The molecule has 4 rings (SSSR count). The minimum absolute atomic E-state index is 0.116. The zero-order chi connectivity index (χ0) is 19.0. The van der Waals surface area contributed by atoms with Crippen LogP contribution in [0.2, 0.25) is 0 Å². The summed E-state index contributed by atoms with van der Waals surface area (Å²) in [6, 6.07) is 9.22. The van der Waals surface area contributed by atoms with Gasteiger partial charge in [0.15, 0.2) is 17.2 Å². The van der Waals surface area contributed by atoms with Gasteiger partial charge in [-0.3, -0.25) is 9.20 Å². The van der Waals surface area contributed by atoms with Crippen LogP contribution in [0.1, 0.15) is 42.0 Å². The highest BCUT2D eigenvalue weighted by atomic mass is 32.1. The van der Waals surface area contributed by atoms with E-state index in [9.17, 15) is 4.79 Å². The fourth-order valence-electron chi connectivity index (χ4n) is 2.92. The van der Waals surface area contributed by atoms with Gasteiger partial charge in [-0.2, -0.15) is 0 Å². The summed E-state index contributed by atoms with van der Waals surface area (Å²) in [4.78, 5) is 18.2. The van der Waals surface area contributed by atoms with Crippen molar-refractivity contribution < 1.29 is 9.21 Å². The highest BCUT2D eigenvalue weighted by Gasteiger charge is 2.27. The van der Waals surface area contributed by atoms with Crippen molar-refractivity contribution in [2.45, 2.75) is 26.8 Å². The van der Waals surface area contributed by atoms with E-state index >= 15 is 0 Å². The van der Waals surface area contributed by atoms with Crippen molar-refractivity contribution in [3.63, 3.8) is 0 Å². The van der Waals surface area contributed by atoms with Gasteiger partial charge in [-0.15, -0.1) is 21.5 Å². The van der Waals surface area contributed by atoms with Crippen molar-refractivity contribution in [3.8, 4) is 10.8 Å². The van der Waals surface area contributed by atoms with Gasteiger partial charge in [0, 0.05) is 6.20 Å². The average Bonchev–Trinajstić information content (AvgIpc) is 3.38. The Kier molecular flexibility index (Phi) is 4.49. The molecule has 8 heteroatoms. The van der Waals surface area contributed by atoms with Gasteiger partial charge in [0.2, 0.25) is 5.89 Å². The Morgan fingerprint density at radius 1 is 1.22 bits per heavy atom. The first-order chi connectivity index (χ1) is 13.0. The number of rotatable bonds is 5. The maximum absolute atomic E-state index is 12.9. The molecule has 0 aliphatic heterocycles. The molecule has 4 aromatic rings. The number of aryl methyl sites for hydroxylation is 1. The van der Waals surface area contributed by atoms with Gasteiger partial charge in [-0.25, -0.2) is 4.98 Å². The van der Waals surface area contributed by atoms with E-state index in [0.717, 1.165) is 10.5 Å². The molecule has 0 aliphatic rings. The molecule has 1 atom stereocenters. The average molecular weight is 381 g/mol. The maximum atomic E-state index is 12.9. The van der Waals surface area contributed by atoms with Crippen LogP contribution in [0.25, 0.3) is 16.4 Å². The number of pyridine rings is 1. The van der Waals surface area contributed by atoms with Crippen molar-refractivity contribution in [2.75, 3.05) is 0 Å². The van der Waals surface area contributed by atoms with Crippen LogP contribution in [-0.4, -0.2) is 25.5 Å². The van der Waals surface area contributed by atoms with Crippen LogP contribution >= 0.6 is 11.3 Å². The van der Waals surface area contributed by atoms with Gasteiger partial charge >= 0.3 is 0 Å². The number of amides is 1. The summed E-state index contributed by atoms with van der Waals surface area (Å²) in [5.41, 5.74) is 1.03. The molecule has 0 saturated carbocycles. The van der Waals surface area contributed by atoms with Crippen molar-refractivity contribution in [1.82, 2.24) is 24.9 Å². The normalized spacial score (nSPS) is 12.6. The van der Waals surface area contributed by atoms with Crippen LogP contribution in [-0.2, 0) is 0 Å². The molecule has 1 amide bonds. The zero-order valence-corrected chi connectivity index (χ0v) is 16.0. The number of thiophene rings is 1. The lowest BCUT2D eigenvalue weighted by atomic mass is 10.0. The van der Waals surface area contributed by atoms with Gasteiger partial charge in [0.05, 0.1) is 10.9 Å². The largest absolute Gasteiger partial charge is 0.440 e. The van der Waals surface area contributed by atoms with E-state index in [1.54, 1.807) is 6.92 Å². The van der Waals surface area contributed by atoms with E-state index in [0.29, 0.717) is 17.5 Å². The van der Waals surface area contributed by atoms with Crippen LogP contribution in [0.5, 0.6) is 0 Å². The second kappa shape index (κ2) is 6.96. The number of nitrogens with one attached hydrogen (secondary N) is 1. The topological polar surface area (TPSA) is 85.3 Å². The molecule has 0 aliphatic carbocycles. The minimum atomic E-state index is -0.309. The molecule has 0 spiro atoms. The van der Waals surface area contributed by atoms with E-state index in [4.69, 9.17) is 4.42 Å². The summed E-state index contributed by atoms with van der Waals surface area (Å²) in [6.07, 6.45) is 1.89. The highest BCUT2D eigenvalue weighted by molar-refractivity contribution is 7.13. The fourth-order valence-corrected chi connectivity index (χ4v) is 3.57. The predicted molar refractivity (Wildman–Crippen MR) is 103 cm³/mol. The monoisotopic (exact) mass is 381 g/mol. The number of hydrogen-bond acceptors (Lipinski definition) is 6. The molecule has 1 unspecified atom stereocenters. The fraction of sp³-hybridized carbons (Fsp3) is 0.263. The molecule has 0 radical (unpaired) electrons. The van der Waals surface area contributed by atoms with Crippen LogP contribution in [0.3, 0.4) is 0 Å². The molecule has 138 valence electrons. The SMILES string of the molecule is Cc1oc(-c2cccs2)nc1C(=O)NC(c1nnc2ccccn12)C(C)C. The summed E-state index contributed by atoms with van der Waals surface area (Å²) in [6.45, 7) is 5.80. The van der Waals surface area contributed by atoms with E-state index in [1.165, 1.54) is 11.3 Å². The lowest BCUT2D eigenvalue weighted by Gasteiger charge is -2.20. The van der Waals surface area contributed by atoms with Gasteiger partial charge in [0.1, 0.15) is 5.76 Å². The van der Waals surface area contributed by atoms with Crippen LogP contribution in [0.15, 0.2) is 46.3 Å². The number of carbonyl (C=O) groups excluding carboxylic acids is 1. The quantitative estimate of drug-likeness (QED) is 0.567. The van der Waals surface area contributed by atoms with E-state index in [1.807, 2.05) is 60.2 Å². The smallest absolute Gasteiger partial charge is 0.274 e. The third-order valence-electron chi connectivity index (χ3n) is 4.32. The number of carbonyl (C=O) groups is 1.